The molecule has 2 aromatic rings. The summed E-state index contributed by atoms with van der Waals surface area (Å²) in [7, 11) is 0. The number of allylic oxidation sites excluding steroid dienone is 1. The SMILES string of the molecule is C=CC[C@@H]1[C@H](O[C@@H]2CCCC[C@H]2c2ccccc2)O[N+]([O-])=C(C)[C@H]1c1ccccc1. The summed E-state index contributed by atoms with van der Waals surface area (Å²) in [4.78, 5) is 6.44. The van der Waals surface area contributed by atoms with Crippen LogP contribution in [0.25, 0.3) is 0 Å². The smallest absolute Gasteiger partial charge is 0.226 e. The van der Waals surface area contributed by atoms with Gasteiger partial charge in [-0.3, -0.25) is 5.21 Å². The van der Waals surface area contributed by atoms with Crippen molar-refractivity contribution < 1.29 is 14.5 Å². The van der Waals surface area contributed by atoms with Crippen LogP contribution in [-0.2, 0) is 9.57 Å². The van der Waals surface area contributed by atoms with Crippen LogP contribution in [0.2, 0.25) is 0 Å². The summed E-state index contributed by atoms with van der Waals surface area (Å²) in [6, 6.07) is 20.8. The van der Waals surface area contributed by atoms with Gasteiger partial charge in [-0.15, -0.1) is 6.58 Å². The summed E-state index contributed by atoms with van der Waals surface area (Å²) in [5.41, 5.74) is 3.08. The largest absolute Gasteiger partial charge is 0.372 e. The highest BCUT2D eigenvalue weighted by Crippen LogP contribution is 2.41. The molecule has 1 saturated carbocycles. The Hall–Kier alpha value is -2.59. The van der Waals surface area contributed by atoms with Crippen LogP contribution < -0.4 is 0 Å². The first-order valence-electron chi connectivity index (χ1n) is 11.0. The quantitative estimate of drug-likeness (QED) is 0.441. The van der Waals surface area contributed by atoms with Gasteiger partial charge < -0.3 is 9.57 Å². The van der Waals surface area contributed by atoms with E-state index in [0.29, 0.717) is 16.5 Å². The first kappa shape index (κ1) is 20.7. The van der Waals surface area contributed by atoms with Crippen molar-refractivity contribution in [1.29, 1.82) is 0 Å². The van der Waals surface area contributed by atoms with E-state index in [4.69, 9.17) is 9.57 Å². The van der Waals surface area contributed by atoms with Crippen molar-refractivity contribution in [2.45, 2.75) is 63.3 Å². The van der Waals surface area contributed by atoms with E-state index in [2.05, 4.69) is 43.0 Å². The van der Waals surface area contributed by atoms with Crippen molar-refractivity contribution in [3.05, 3.63) is 89.7 Å². The molecule has 1 aliphatic heterocycles. The molecule has 1 heterocycles. The zero-order valence-corrected chi connectivity index (χ0v) is 17.7. The predicted octanol–water partition coefficient (Wildman–Crippen LogP) is 5.95. The van der Waals surface area contributed by atoms with E-state index in [-0.39, 0.29) is 17.9 Å². The molecule has 0 N–H and O–H groups in total. The molecule has 0 spiro atoms. The number of rotatable bonds is 6. The Morgan fingerprint density at radius 1 is 1.03 bits per heavy atom. The highest BCUT2D eigenvalue weighted by molar-refractivity contribution is 5.85. The monoisotopic (exact) mass is 405 g/mol. The van der Waals surface area contributed by atoms with Crippen molar-refractivity contribution in [2.24, 2.45) is 5.92 Å². The Balaban J connectivity index is 1.62. The van der Waals surface area contributed by atoms with E-state index < -0.39 is 6.29 Å². The van der Waals surface area contributed by atoms with Crippen molar-refractivity contribution in [3.63, 3.8) is 0 Å². The fourth-order valence-electron chi connectivity index (χ4n) is 5.06. The van der Waals surface area contributed by atoms with Crippen LogP contribution >= 0.6 is 0 Å². The molecule has 5 atom stereocenters. The lowest BCUT2D eigenvalue weighted by atomic mass is 9.79. The van der Waals surface area contributed by atoms with Crippen LogP contribution in [0.1, 0.15) is 62.0 Å². The lowest BCUT2D eigenvalue weighted by molar-refractivity contribution is -0.776. The van der Waals surface area contributed by atoms with Gasteiger partial charge in [-0.05, 0) is 30.4 Å². The molecule has 0 amide bonds. The molecule has 2 aromatic carbocycles. The van der Waals surface area contributed by atoms with Crippen LogP contribution in [-0.4, -0.2) is 23.0 Å². The summed E-state index contributed by atoms with van der Waals surface area (Å²) in [5, 5.41) is 12.7. The van der Waals surface area contributed by atoms with Gasteiger partial charge in [-0.2, -0.15) is 0 Å². The first-order valence-corrected chi connectivity index (χ1v) is 11.0. The minimum Gasteiger partial charge on any atom is -0.372 e. The van der Waals surface area contributed by atoms with Crippen molar-refractivity contribution in [3.8, 4) is 0 Å². The molecule has 0 saturated heterocycles. The molecule has 0 unspecified atom stereocenters. The van der Waals surface area contributed by atoms with Gasteiger partial charge in [-0.25, -0.2) is 0 Å². The van der Waals surface area contributed by atoms with E-state index in [9.17, 15) is 5.21 Å². The van der Waals surface area contributed by atoms with Gasteiger partial charge in [0.05, 0.1) is 12.0 Å². The topological polar surface area (TPSA) is 44.5 Å². The third-order valence-corrected chi connectivity index (χ3v) is 6.55. The molecular formula is C26H31NO3. The lowest BCUT2D eigenvalue weighted by Crippen LogP contribution is -2.46. The van der Waals surface area contributed by atoms with Gasteiger partial charge in [0.2, 0.25) is 5.71 Å². The van der Waals surface area contributed by atoms with Gasteiger partial charge in [0, 0.05) is 23.7 Å². The fourth-order valence-corrected chi connectivity index (χ4v) is 5.06. The Kier molecular flexibility index (Phi) is 6.53. The second kappa shape index (κ2) is 9.48. The summed E-state index contributed by atoms with van der Waals surface area (Å²) >= 11 is 0. The summed E-state index contributed by atoms with van der Waals surface area (Å²) in [5.74, 6) is 0.280. The average Bonchev–Trinajstić information content (AvgIpc) is 2.79. The van der Waals surface area contributed by atoms with Crippen LogP contribution in [0.3, 0.4) is 0 Å². The molecule has 1 aliphatic carbocycles. The standard InChI is InChI=1S/C26H31NO3/c1-3-12-23-25(21-15-8-5-9-16-21)19(2)27(28)30-26(23)29-24-18-11-10-17-22(24)20-13-6-4-7-14-20/h3-9,13-16,22-26H,1,10-12,17-18H2,2H3/t22-,23-,24+,25-,26+/m0/s1. The summed E-state index contributed by atoms with van der Waals surface area (Å²) in [6.45, 7) is 5.81. The molecule has 4 heteroatoms. The van der Waals surface area contributed by atoms with E-state index in [0.717, 1.165) is 31.2 Å². The summed E-state index contributed by atoms with van der Waals surface area (Å²) < 4.78 is 6.61. The van der Waals surface area contributed by atoms with E-state index in [1.54, 1.807) is 0 Å². The average molecular weight is 406 g/mol. The minimum atomic E-state index is -0.594. The molecule has 1 fully saturated rings. The van der Waals surface area contributed by atoms with Gasteiger partial charge in [0.25, 0.3) is 0 Å². The molecule has 4 rings (SSSR count). The molecule has 158 valence electrons. The number of hydrogen-bond acceptors (Lipinski definition) is 3. The molecule has 0 radical (unpaired) electrons. The third kappa shape index (κ3) is 4.29. The molecule has 4 nitrogen and oxygen atoms in total. The van der Waals surface area contributed by atoms with Gasteiger partial charge >= 0.3 is 0 Å². The van der Waals surface area contributed by atoms with Gasteiger partial charge in [0.1, 0.15) is 0 Å². The number of hydrogen-bond donors (Lipinski definition) is 0. The molecular weight excluding hydrogens is 374 g/mol. The maximum absolute atomic E-state index is 12.7. The Morgan fingerprint density at radius 3 is 2.33 bits per heavy atom. The Labute approximate surface area is 179 Å². The third-order valence-electron chi connectivity index (χ3n) is 6.55. The van der Waals surface area contributed by atoms with Gasteiger partial charge in [0.15, 0.2) is 6.29 Å². The number of nitrogens with zero attached hydrogens (tertiary/aromatic N) is 1. The highest BCUT2D eigenvalue weighted by Gasteiger charge is 2.43. The molecule has 0 aromatic heterocycles. The maximum atomic E-state index is 12.7. The first-order chi connectivity index (χ1) is 14.7. The van der Waals surface area contributed by atoms with E-state index in [1.807, 2.05) is 37.3 Å². The number of ether oxygens (including phenoxy) is 1. The normalized spacial score (nSPS) is 29.3. The second-order valence-electron chi connectivity index (χ2n) is 8.43. The molecule has 30 heavy (non-hydrogen) atoms. The molecule has 2 aliphatic rings. The Bertz CT molecular complexity index is 864. The Morgan fingerprint density at radius 2 is 1.67 bits per heavy atom. The zero-order valence-electron chi connectivity index (χ0n) is 17.7. The van der Waals surface area contributed by atoms with Crippen LogP contribution in [0.5, 0.6) is 0 Å². The van der Waals surface area contributed by atoms with Crippen LogP contribution in [0, 0.1) is 11.1 Å². The number of benzene rings is 2. The maximum Gasteiger partial charge on any atom is 0.226 e. The zero-order chi connectivity index (χ0) is 20.9. The summed E-state index contributed by atoms with van der Waals surface area (Å²) in [6.07, 6.45) is 6.50. The van der Waals surface area contributed by atoms with Crippen LogP contribution in [0.15, 0.2) is 73.3 Å². The highest BCUT2D eigenvalue weighted by atomic mass is 16.9. The van der Waals surface area contributed by atoms with Crippen molar-refractivity contribution >= 4 is 5.71 Å². The van der Waals surface area contributed by atoms with E-state index in [1.165, 1.54) is 12.0 Å². The molecule has 0 bridgehead atoms. The fraction of sp³-hybridized carbons (Fsp3) is 0.423. The van der Waals surface area contributed by atoms with Crippen LogP contribution in [0.4, 0.5) is 0 Å². The van der Waals surface area contributed by atoms with Gasteiger partial charge in [-0.1, -0.05) is 79.6 Å². The van der Waals surface area contributed by atoms with E-state index >= 15 is 0 Å². The second-order valence-corrected chi connectivity index (χ2v) is 8.43. The van der Waals surface area contributed by atoms with Crippen molar-refractivity contribution in [2.75, 3.05) is 0 Å². The minimum absolute atomic E-state index is 0.00782. The van der Waals surface area contributed by atoms with Crippen molar-refractivity contribution in [1.82, 2.24) is 0 Å². The lowest BCUT2D eigenvalue weighted by Gasteiger charge is -2.41. The predicted molar refractivity (Wildman–Crippen MR) is 119 cm³/mol.